The van der Waals surface area contributed by atoms with Crippen LogP contribution in [0.3, 0.4) is 0 Å². The summed E-state index contributed by atoms with van der Waals surface area (Å²) < 4.78 is 10.8. The first kappa shape index (κ1) is 15.5. The van der Waals surface area contributed by atoms with Crippen molar-refractivity contribution in [1.82, 2.24) is 4.98 Å². The number of ketones is 1. The summed E-state index contributed by atoms with van der Waals surface area (Å²) in [6.45, 7) is 5.02. The van der Waals surface area contributed by atoms with E-state index in [2.05, 4.69) is 4.98 Å². The number of hydrogen-bond acceptors (Lipinski definition) is 4. The van der Waals surface area contributed by atoms with Crippen molar-refractivity contribution in [3.63, 3.8) is 0 Å². The number of pyridine rings is 1. The Hall–Kier alpha value is -1.52. The van der Waals surface area contributed by atoms with E-state index in [0.29, 0.717) is 13.2 Å². The maximum absolute atomic E-state index is 12.0. The molecule has 104 valence electrons. The number of carbonyl (C=O) groups excluding carboxylic acids is 1. The highest BCUT2D eigenvalue weighted by atomic mass is 16.7. The van der Waals surface area contributed by atoms with Gasteiger partial charge in [-0.25, -0.2) is 0 Å². The lowest BCUT2D eigenvalue weighted by molar-refractivity contribution is -0.165. The zero-order valence-electron chi connectivity index (χ0n) is 11.5. The minimum Gasteiger partial charge on any atom is -0.346 e. The highest BCUT2D eigenvalue weighted by Crippen LogP contribution is 2.04. The van der Waals surface area contributed by atoms with Crippen LogP contribution in [0.15, 0.2) is 30.6 Å². The molecule has 0 spiro atoms. The van der Waals surface area contributed by atoms with E-state index in [1.54, 1.807) is 18.5 Å². The number of aromatic nitrogens is 1. The third-order valence-corrected chi connectivity index (χ3v) is 2.30. The molecule has 0 radical (unpaired) electrons. The molecule has 0 aliphatic rings. The number of hydrogen-bond donors (Lipinski definition) is 0. The van der Waals surface area contributed by atoms with Crippen LogP contribution in [0.1, 0.15) is 32.3 Å². The molecule has 0 N–H and O–H groups in total. The number of rotatable bonds is 9. The first-order valence-electron chi connectivity index (χ1n) is 6.63. The average Bonchev–Trinajstić information content (AvgIpc) is 2.46. The van der Waals surface area contributed by atoms with E-state index in [1.165, 1.54) is 6.08 Å². The van der Waals surface area contributed by atoms with Crippen LogP contribution >= 0.6 is 0 Å². The van der Waals surface area contributed by atoms with Crippen molar-refractivity contribution in [2.45, 2.75) is 33.0 Å². The maximum Gasteiger partial charge on any atom is 0.221 e. The third-order valence-electron chi connectivity index (χ3n) is 2.30. The van der Waals surface area contributed by atoms with Crippen molar-refractivity contribution in [2.75, 3.05) is 13.2 Å². The molecule has 0 saturated carbocycles. The Morgan fingerprint density at radius 3 is 2.53 bits per heavy atom. The van der Waals surface area contributed by atoms with Crippen LogP contribution in [0.25, 0.3) is 6.08 Å². The van der Waals surface area contributed by atoms with E-state index >= 15 is 0 Å². The molecule has 0 amide bonds. The number of carbonyl (C=O) groups is 1. The van der Waals surface area contributed by atoms with Gasteiger partial charge in [0.25, 0.3) is 0 Å². The minimum absolute atomic E-state index is 0.175. The van der Waals surface area contributed by atoms with Crippen molar-refractivity contribution in [3.05, 3.63) is 36.2 Å². The minimum atomic E-state index is -0.798. The normalized spacial score (nSPS) is 11.3. The summed E-state index contributed by atoms with van der Waals surface area (Å²) in [5, 5.41) is 0. The summed E-state index contributed by atoms with van der Waals surface area (Å²) in [5.74, 6) is -0.175. The Morgan fingerprint density at radius 1 is 1.32 bits per heavy atom. The van der Waals surface area contributed by atoms with Gasteiger partial charge in [-0.15, -0.1) is 0 Å². The second-order valence-electron chi connectivity index (χ2n) is 4.10. The molecule has 0 saturated heterocycles. The zero-order valence-corrected chi connectivity index (χ0v) is 11.5. The molecule has 0 aliphatic heterocycles. The number of ether oxygens (including phenoxy) is 2. The van der Waals surface area contributed by atoms with Gasteiger partial charge in [-0.3, -0.25) is 9.78 Å². The zero-order chi connectivity index (χ0) is 13.9. The molecule has 1 rings (SSSR count). The first-order valence-corrected chi connectivity index (χ1v) is 6.63. The van der Waals surface area contributed by atoms with E-state index in [4.69, 9.17) is 9.47 Å². The van der Waals surface area contributed by atoms with Crippen LogP contribution in [-0.2, 0) is 14.3 Å². The largest absolute Gasteiger partial charge is 0.346 e. The van der Waals surface area contributed by atoms with Crippen LogP contribution in [-0.4, -0.2) is 30.3 Å². The highest BCUT2D eigenvalue weighted by Gasteiger charge is 2.16. The molecule has 0 aromatic carbocycles. The fraction of sp³-hybridized carbons (Fsp3) is 0.467. The summed E-state index contributed by atoms with van der Waals surface area (Å²) in [6, 6.07) is 3.70. The summed E-state index contributed by atoms with van der Waals surface area (Å²) >= 11 is 0. The molecule has 0 unspecified atom stereocenters. The van der Waals surface area contributed by atoms with Gasteiger partial charge in [0, 0.05) is 25.6 Å². The van der Waals surface area contributed by atoms with Crippen molar-refractivity contribution in [3.8, 4) is 0 Å². The van der Waals surface area contributed by atoms with Gasteiger partial charge in [-0.2, -0.15) is 0 Å². The molecular formula is C15H21NO3. The smallest absolute Gasteiger partial charge is 0.221 e. The number of nitrogens with zero attached hydrogens (tertiary/aromatic N) is 1. The standard InChI is InChI=1S/C15H21NO3/c1-3-10-18-15(19-11-4-2)14(17)8-7-13-6-5-9-16-12-13/h5-9,12,15H,3-4,10-11H2,1-2H3/b8-7+. The Morgan fingerprint density at radius 2 is 2.00 bits per heavy atom. The molecule has 19 heavy (non-hydrogen) atoms. The Bertz CT molecular complexity index is 382. The van der Waals surface area contributed by atoms with E-state index in [1.807, 2.05) is 26.0 Å². The van der Waals surface area contributed by atoms with Gasteiger partial charge in [-0.05, 0) is 36.6 Å². The van der Waals surface area contributed by atoms with Crippen molar-refractivity contribution < 1.29 is 14.3 Å². The van der Waals surface area contributed by atoms with Crippen LogP contribution in [0.2, 0.25) is 0 Å². The quantitative estimate of drug-likeness (QED) is 0.508. The molecule has 0 aliphatic carbocycles. The monoisotopic (exact) mass is 263 g/mol. The Balaban J connectivity index is 2.57. The topological polar surface area (TPSA) is 48.4 Å². The Kier molecular flexibility index (Phi) is 7.70. The lowest BCUT2D eigenvalue weighted by atomic mass is 10.2. The van der Waals surface area contributed by atoms with Crippen molar-refractivity contribution in [1.29, 1.82) is 0 Å². The highest BCUT2D eigenvalue weighted by molar-refractivity contribution is 5.96. The lowest BCUT2D eigenvalue weighted by Crippen LogP contribution is -2.26. The van der Waals surface area contributed by atoms with Gasteiger partial charge >= 0.3 is 0 Å². The third kappa shape index (κ3) is 6.27. The van der Waals surface area contributed by atoms with Crippen molar-refractivity contribution >= 4 is 11.9 Å². The molecule has 0 bridgehead atoms. The molecule has 4 heteroatoms. The molecule has 1 aromatic rings. The summed E-state index contributed by atoms with van der Waals surface area (Å²) in [7, 11) is 0. The molecule has 1 aromatic heterocycles. The van der Waals surface area contributed by atoms with Gasteiger partial charge in [0.15, 0.2) is 0 Å². The molecule has 1 heterocycles. The summed E-state index contributed by atoms with van der Waals surface area (Å²) in [4.78, 5) is 16.0. The molecule has 4 nitrogen and oxygen atoms in total. The average molecular weight is 263 g/mol. The van der Waals surface area contributed by atoms with Gasteiger partial charge in [0.1, 0.15) is 0 Å². The fourth-order valence-electron chi connectivity index (χ4n) is 1.39. The van der Waals surface area contributed by atoms with E-state index in [9.17, 15) is 4.79 Å². The second-order valence-corrected chi connectivity index (χ2v) is 4.10. The van der Waals surface area contributed by atoms with Crippen LogP contribution in [0.4, 0.5) is 0 Å². The first-order chi connectivity index (χ1) is 9.27. The Labute approximate surface area is 114 Å². The van der Waals surface area contributed by atoms with Crippen LogP contribution in [0.5, 0.6) is 0 Å². The molecule has 0 atom stereocenters. The molecular weight excluding hydrogens is 242 g/mol. The lowest BCUT2D eigenvalue weighted by Gasteiger charge is -2.15. The van der Waals surface area contributed by atoms with Crippen LogP contribution in [0, 0.1) is 0 Å². The van der Waals surface area contributed by atoms with Crippen LogP contribution < -0.4 is 0 Å². The SMILES string of the molecule is CCCOC(OCCC)C(=O)/C=C/c1cccnc1. The van der Waals surface area contributed by atoms with Crippen molar-refractivity contribution in [2.24, 2.45) is 0 Å². The summed E-state index contributed by atoms with van der Waals surface area (Å²) in [5.41, 5.74) is 0.876. The molecule has 0 fully saturated rings. The predicted octanol–water partition coefficient (Wildman–Crippen LogP) is 2.84. The van der Waals surface area contributed by atoms with Gasteiger partial charge in [-0.1, -0.05) is 19.9 Å². The summed E-state index contributed by atoms with van der Waals surface area (Å²) in [6.07, 6.45) is 7.49. The predicted molar refractivity (Wildman–Crippen MR) is 74.6 cm³/mol. The van der Waals surface area contributed by atoms with Gasteiger partial charge in [0.05, 0.1) is 0 Å². The van der Waals surface area contributed by atoms with Gasteiger partial charge in [0.2, 0.25) is 12.1 Å². The fourth-order valence-corrected chi connectivity index (χ4v) is 1.39. The second kappa shape index (κ2) is 9.42. The van der Waals surface area contributed by atoms with E-state index in [0.717, 1.165) is 18.4 Å². The van der Waals surface area contributed by atoms with E-state index in [-0.39, 0.29) is 5.78 Å². The maximum atomic E-state index is 12.0. The van der Waals surface area contributed by atoms with Gasteiger partial charge < -0.3 is 9.47 Å². The van der Waals surface area contributed by atoms with E-state index < -0.39 is 6.29 Å².